The van der Waals surface area contributed by atoms with Crippen molar-refractivity contribution in [1.29, 1.82) is 0 Å². The number of nitrogens with zero attached hydrogens (tertiary/aromatic N) is 1. The largest absolute Gasteiger partial charge is 0.475 e. The molecule has 1 aromatic heterocycles. The number of ether oxygens (including phenoxy) is 2. The Balaban J connectivity index is 1.67. The van der Waals surface area contributed by atoms with Crippen molar-refractivity contribution in [3.05, 3.63) is 54.2 Å². The maximum atomic E-state index is 12.1. The lowest BCUT2D eigenvalue weighted by Crippen LogP contribution is -2.30. The van der Waals surface area contributed by atoms with Crippen LogP contribution in [0.15, 0.2) is 48.7 Å². The second-order valence-corrected chi connectivity index (χ2v) is 8.22. The van der Waals surface area contributed by atoms with Crippen LogP contribution < -0.4 is 15.4 Å². The van der Waals surface area contributed by atoms with Crippen molar-refractivity contribution in [2.24, 2.45) is 0 Å². The highest BCUT2D eigenvalue weighted by Gasteiger charge is 2.12. The van der Waals surface area contributed by atoms with Crippen LogP contribution in [0.25, 0.3) is 0 Å². The number of urea groups is 1. The average molecular weight is 407 g/mol. The molecule has 2 rings (SSSR count). The molecule has 0 saturated carbocycles. The van der Waals surface area contributed by atoms with Crippen LogP contribution in [0.1, 0.15) is 12.0 Å². The lowest BCUT2D eigenvalue weighted by molar-refractivity contribution is 0.144. The standard InChI is InChI=1S/C19H25N3O5S/c1-26-11-12-27-18-9-8-17(14-21-18)22-19(23)20-10-5-13-28(24,25)15-16-6-3-2-4-7-16/h2-4,6-9,14H,5,10-13,15H2,1H3,(H2,20,22,23). The summed E-state index contributed by atoms with van der Waals surface area (Å²) in [4.78, 5) is 15.9. The Morgan fingerprint density at radius 2 is 1.89 bits per heavy atom. The second-order valence-electron chi connectivity index (χ2n) is 6.04. The van der Waals surface area contributed by atoms with Gasteiger partial charge < -0.3 is 20.1 Å². The topological polar surface area (TPSA) is 107 Å². The molecule has 1 aromatic carbocycles. The molecule has 0 radical (unpaired) electrons. The minimum Gasteiger partial charge on any atom is -0.475 e. The van der Waals surface area contributed by atoms with Crippen molar-refractivity contribution < 1.29 is 22.7 Å². The summed E-state index contributed by atoms with van der Waals surface area (Å²) in [5, 5.41) is 5.27. The summed E-state index contributed by atoms with van der Waals surface area (Å²) in [7, 11) is -1.63. The molecule has 0 unspecified atom stereocenters. The van der Waals surface area contributed by atoms with Gasteiger partial charge in [-0.05, 0) is 18.1 Å². The van der Waals surface area contributed by atoms with Crippen molar-refractivity contribution in [3.8, 4) is 5.88 Å². The van der Waals surface area contributed by atoms with Crippen molar-refractivity contribution in [3.63, 3.8) is 0 Å². The Morgan fingerprint density at radius 1 is 1.11 bits per heavy atom. The molecule has 2 N–H and O–H groups in total. The Labute approximate surface area is 165 Å². The smallest absolute Gasteiger partial charge is 0.319 e. The van der Waals surface area contributed by atoms with Gasteiger partial charge in [-0.3, -0.25) is 0 Å². The number of benzene rings is 1. The van der Waals surface area contributed by atoms with Gasteiger partial charge in [-0.15, -0.1) is 0 Å². The monoisotopic (exact) mass is 407 g/mol. The summed E-state index contributed by atoms with van der Waals surface area (Å²) in [6.45, 7) is 1.11. The first-order valence-electron chi connectivity index (χ1n) is 8.85. The quantitative estimate of drug-likeness (QED) is 0.553. The van der Waals surface area contributed by atoms with Crippen molar-refractivity contribution in [2.75, 3.05) is 37.9 Å². The molecule has 2 amide bonds. The van der Waals surface area contributed by atoms with Gasteiger partial charge in [0.05, 0.1) is 30.0 Å². The zero-order valence-electron chi connectivity index (χ0n) is 15.8. The van der Waals surface area contributed by atoms with Crippen LogP contribution in [0.5, 0.6) is 5.88 Å². The molecule has 9 heteroatoms. The molecule has 28 heavy (non-hydrogen) atoms. The second kappa shape index (κ2) is 11.3. The number of aromatic nitrogens is 1. The fourth-order valence-electron chi connectivity index (χ4n) is 2.34. The van der Waals surface area contributed by atoms with E-state index < -0.39 is 15.9 Å². The van der Waals surface area contributed by atoms with Gasteiger partial charge in [-0.25, -0.2) is 18.2 Å². The third-order valence-corrected chi connectivity index (χ3v) is 5.36. The number of hydrogen-bond donors (Lipinski definition) is 2. The number of rotatable bonds is 11. The average Bonchev–Trinajstić information content (AvgIpc) is 2.67. The van der Waals surface area contributed by atoms with Crippen LogP contribution in [0.4, 0.5) is 10.5 Å². The highest BCUT2D eigenvalue weighted by molar-refractivity contribution is 7.90. The molecule has 0 atom stereocenters. The zero-order chi connectivity index (χ0) is 20.2. The Kier molecular flexibility index (Phi) is 8.70. The molecule has 0 aliphatic rings. The Bertz CT molecular complexity index is 826. The van der Waals surface area contributed by atoms with Gasteiger partial charge in [-0.2, -0.15) is 0 Å². The van der Waals surface area contributed by atoms with E-state index in [1.54, 1.807) is 31.4 Å². The number of carbonyl (C=O) groups is 1. The maximum Gasteiger partial charge on any atom is 0.319 e. The summed E-state index contributed by atoms with van der Waals surface area (Å²) < 4.78 is 34.4. The minimum atomic E-state index is -3.21. The third kappa shape index (κ3) is 8.36. The molecule has 152 valence electrons. The van der Waals surface area contributed by atoms with E-state index in [2.05, 4.69) is 15.6 Å². The number of hydrogen-bond acceptors (Lipinski definition) is 6. The van der Waals surface area contributed by atoms with E-state index in [1.807, 2.05) is 18.2 Å². The molecule has 0 aliphatic carbocycles. The van der Waals surface area contributed by atoms with Gasteiger partial charge in [0.25, 0.3) is 0 Å². The number of amides is 2. The molecular formula is C19H25N3O5S. The highest BCUT2D eigenvalue weighted by Crippen LogP contribution is 2.11. The summed E-state index contributed by atoms with van der Waals surface area (Å²) >= 11 is 0. The van der Waals surface area contributed by atoms with Crippen LogP contribution in [0, 0.1) is 0 Å². The van der Waals surface area contributed by atoms with Gasteiger partial charge in [0.15, 0.2) is 9.84 Å². The van der Waals surface area contributed by atoms with Gasteiger partial charge in [-0.1, -0.05) is 30.3 Å². The van der Waals surface area contributed by atoms with E-state index in [1.165, 1.54) is 6.20 Å². The number of pyridine rings is 1. The number of sulfone groups is 1. The highest BCUT2D eigenvalue weighted by atomic mass is 32.2. The third-order valence-electron chi connectivity index (χ3n) is 3.68. The van der Waals surface area contributed by atoms with E-state index in [-0.39, 0.29) is 18.1 Å². The summed E-state index contributed by atoms with van der Waals surface area (Å²) in [5.74, 6) is 0.452. The van der Waals surface area contributed by atoms with Crippen molar-refractivity contribution >= 4 is 21.6 Å². The number of nitrogens with one attached hydrogen (secondary N) is 2. The molecule has 0 spiro atoms. The van der Waals surface area contributed by atoms with E-state index in [4.69, 9.17) is 9.47 Å². The first-order chi connectivity index (χ1) is 13.5. The molecule has 0 bridgehead atoms. The fraction of sp³-hybridized carbons (Fsp3) is 0.368. The van der Waals surface area contributed by atoms with Crippen LogP contribution >= 0.6 is 0 Å². The molecule has 8 nitrogen and oxygen atoms in total. The summed E-state index contributed by atoms with van der Waals surface area (Å²) in [6.07, 6.45) is 1.82. The molecule has 0 saturated heterocycles. The van der Waals surface area contributed by atoms with Gasteiger partial charge in [0, 0.05) is 19.7 Å². The molecule has 0 fully saturated rings. The summed E-state index contributed by atoms with van der Waals surface area (Å²) in [5.41, 5.74) is 1.27. The van der Waals surface area contributed by atoms with Crippen LogP contribution in [-0.4, -0.2) is 52.1 Å². The van der Waals surface area contributed by atoms with E-state index in [0.717, 1.165) is 5.56 Å². The number of anilines is 1. The molecule has 1 heterocycles. The normalized spacial score (nSPS) is 11.0. The fourth-order valence-corrected chi connectivity index (χ4v) is 3.77. The molecular weight excluding hydrogens is 382 g/mol. The van der Waals surface area contributed by atoms with Gasteiger partial charge in [0.1, 0.15) is 6.61 Å². The maximum absolute atomic E-state index is 12.1. The van der Waals surface area contributed by atoms with E-state index in [0.29, 0.717) is 31.2 Å². The first-order valence-corrected chi connectivity index (χ1v) is 10.7. The van der Waals surface area contributed by atoms with Crippen molar-refractivity contribution in [2.45, 2.75) is 12.2 Å². The van der Waals surface area contributed by atoms with E-state index >= 15 is 0 Å². The molecule has 2 aromatic rings. The predicted molar refractivity (Wildman–Crippen MR) is 107 cm³/mol. The van der Waals surface area contributed by atoms with Crippen LogP contribution in [0.2, 0.25) is 0 Å². The van der Waals surface area contributed by atoms with Gasteiger partial charge in [0.2, 0.25) is 5.88 Å². The zero-order valence-corrected chi connectivity index (χ0v) is 16.6. The van der Waals surface area contributed by atoms with Crippen LogP contribution in [-0.2, 0) is 20.3 Å². The molecule has 0 aliphatic heterocycles. The lowest BCUT2D eigenvalue weighted by atomic mass is 10.2. The van der Waals surface area contributed by atoms with Gasteiger partial charge >= 0.3 is 6.03 Å². The minimum absolute atomic E-state index is 0.00447. The Hall–Kier alpha value is -2.65. The van der Waals surface area contributed by atoms with E-state index in [9.17, 15) is 13.2 Å². The Morgan fingerprint density at radius 3 is 2.57 bits per heavy atom. The summed E-state index contributed by atoms with van der Waals surface area (Å²) in [6, 6.07) is 11.9. The first kappa shape index (κ1) is 21.6. The van der Waals surface area contributed by atoms with Crippen molar-refractivity contribution in [1.82, 2.24) is 10.3 Å². The number of carbonyl (C=O) groups excluding carboxylic acids is 1. The lowest BCUT2D eigenvalue weighted by Gasteiger charge is -2.09. The number of methoxy groups -OCH3 is 1. The SMILES string of the molecule is COCCOc1ccc(NC(=O)NCCCS(=O)(=O)Cc2ccccc2)cn1. The predicted octanol–water partition coefficient (Wildman–Crippen LogP) is 2.23. The van der Waals surface area contributed by atoms with Crippen LogP contribution in [0.3, 0.4) is 0 Å².